The number of rotatable bonds is 4. The van der Waals surface area contributed by atoms with Gasteiger partial charge in [-0.3, -0.25) is 0 Å². The fraction of sp³-hybridized carbons (Fsp3) is 0.500. The number of aliphatic hydroxyl groups is 1. The molecule has 0 aliphatic carbocycles. The summed E-state index contributed by atoms with van der Waals surface area (Å²) in [4.78, 5) is 0. The van der Waals surface area contributed by atoms with Gasteiger partial charge in [-0.25, -0.2) is 0 Å². The average molecular weight is 193 g/mol. The molecule has 0 aliphatic rings. The summed E-state index contributed by atoms with van der Waals surface area (Å²) in [7, 11) is 0. The van der Waals surface area contributed by atoms with Crippen LogP contribution in [0, 0.1) is 0 Å². The number of benzene rings is 1. The predicted octanol–water partition coefficient (Wildman–Crippen LogP) is 2.11. The van der Waals surface area contributed by atoms with Gasteiger partial charge in [0.1, 0.15) is 0 Å². The van der Waals surface area contributed by atoms with Crippen molar-refractivity contribution >= 4 is 0 Å². The Bertz CT molecular complexity index is 263. The first-order chi connectivity index (χ1) is 6.49. The van der Waals surface area contributed by atoms with Crippen LogP contribution in [0.1, 0.15) is 32.4 Å². The maximum absolute atomic E-state index is 9.55. The summed E-state index contributed by atoms with van der Waals surface area (Å²) in [5.41, 5.74) is 0.597. The van der Waals surface area contributed by atoms with Crippen LogP contribution in [-0.2, 0) is 0 Å². The summed E-state index contributed by atoms with van der Waals surface area (Å²) in [6, 6.07) is 10.5. The number of hydrogen-bond donors (Lipinski definition) is 2. The van der Waals surface area contributed by atoms with Gasteiger partial charge in [0.2, 0.25) is 0 Å². The summed E-state index contributed by atoms with van der Waals surface area (Å²) in [5, 5.41) is 12.8. The van der Waals surface area contributed by atoms with Gasteiger partial charge < -0.3 is 10.4 Å². The SMILES string of the molecule is C[C@H](NCC(C)(C)O)c1ccccc1. The van der Waals surface area contributed by atoms with Crippen LogP contribution in [0.2, 0.25) is 0 Å². The van der Waals surface area contributed by atoms with Gasteiger partial charge in [-0.1, -0.05) is 30.3 Å². The minimum Gasteiger partial charge on any atom is -0.389 e. The standard InChI is InChI=1S/C12H19NO/c1-10(13-9-12(2,3)14)11-7-5-4-6-8-11/h4-8,10,13-14H,9H2,1-3H3/t10-/m0/s1. The van der Waals surface area contributed by atoms with Gasteiger partial charge in [-0.15, -0.1) is 0 Å². The highest BCUT2D eigenvalue weighted by Crippen LogP contribution is 2.12. The van der Waals surface area contributed by atoms with Crippen molar-refractivity contribution in [3.05, 3.63) is 35.9 Å². The summed E-state index contributed by atoms with van der Waals surface area (Å²) in [5.74, 6) is 0. The third-order valence-electron chi connectivity index (χ3n) is 2.14. The highest BCUT2D eigenvalue weighted by molar-refractivity contribution is 5.18. The fourth-order valence-corrected chi connectivity index (χ4v) is 1.26. The van der Waals surface area contributed by atoms with E-state index in [9.17, 15) is 5.11 Å². The van der Waals surface area contributed by atoms with Crippen molar-refractivity contribution in [2.45, 2.75) is 32.4 Å². The molecule has 0 heterocycles. The van der Waals surface area contributed by atoms with E-state index in [0.717, 1.165) is 0 Å². The molecule has 1 atom stereocenters. The van der Waals surface area contributed by atoms with E-state index in [1.54, 1.807) is 13.8 Å². The molecule has 0 aromatic heterocycles. The Kier molecular flexibility index (Phi) is 3.67. The molecule has 0 bridgehead atoms. The van der Waals surface area contributed by atoms with Gasteiger partial charge in [0, 0.05) is 12.6 Å². The van der Waals surface area contributed by atoms with Crippen LogP contribution in [0.4, 0.5) is 0 Å². The molecular formula is C12H19NO. The van der Waals surface area contributed by atoms with Crippen molar-refractivity contribution in [2.75, 3.05) is 6.54 Å². The summed E-state index contributed by atoms with van der Waals surface area (Å²) >= 11 is 0. The van der Waals surface area contributed by atoms with Crippen molar-refractivity contribution in [1.82, 2.24) is 5.32 Å². The molecule has 0 saturated heterocycles. The van der Waals surface area contributed by atoms with E-state index in [2.05, 4.69) is 24.4 Å². The summed E-state index contributed by atoms with van der Waals surface area (Å²) in [6.07, 6.45) is 0. The maximum Gasteiger partial charge on any atom is 0.0715 e. The molecule has 0 unspecified atom stereocenters. The van der Waals surface area contributed by atoms with Crippen molar-refractivity contribution in [3.63, 3.8) is 0 Å². The monoisotopic (exact) mass is 193 g/mol. The Morgan fingerprint density at radius 3 is 2.36 bits per heavy atom. The number of hydrogen-bond acceptors (Lipinski definition) is 2. The van der Waals surface area contributed by atoms with Crippen LogP contribution in [0.15, 0.2) is 30.3 Å². The molecule has 1 aromatic carbocycles. The first-order valence-electron chi connectivity index (χ1n) is 5.00. The van der Waals surface area contributed by atoms with E-state index in [1.807, 2.05) is 18.2 Å². The zero-order valence-corrected chi connectivity index (χ0v) is 9.12. The normalized spacial score (nSPS) is 14.0. The predicted molar refractivity (Wildman–Crippen MR) is 59.2 cm³/mol. The molecule has 1 aromatic rings. The fourth-order valence-electron chi connectivity index (χ4n) is 1.26. The van der Waals surface area contributed by atoms with E-state index in [0.29, 0.717) is 6.54 Å². The number of nitrogens with one attached hydrogen (secondary N) is 1. The molecular weight excluding hydrogens is 174 g/mol. The molecule has 0 radical (unpaired) electrons. The van der Waals surface area contributed by atoms with E-state index >= 15 is 0 Å². The Morgan fingerprint density at radius 1 is 1.29 bits per heavy atom. The lowest BCUT2D eigenvalue weighted by molar-refractivity contribution is 0.0770. The van der Waals surface area contributed by atoms with Gasteiger partial charge >= 0.3 is 0 Å². The minimum absolute atomic E-state index is 0.280. The van der Waals surface area contributed by atoms with Crippen molar-refractivity contribution < 1.29 is 5.11 Å². The average Bonchev–Trinajstić information content (AvgIpc) is 2.14. The largest absolute Gasteiger partial charge is 0.389 e. The zero-order valence-electron chi connectivity index (χ0n) is 9.12. The Hall–Kier alpha value is -0.860. The summed E-state index contributed by atoms with van der Waals surface area (Å²) in [6.45, 7) is 6.31. The van der Waals surface area contributed by atoms with Crippen LogP contribution in [-0.4, -0.2) is 17.3 Å². The molecule has 2 nitrogen and oxygen atoms in total. The third kappa shape index (κ3) is 3.90. The molecule has 2 heteroatoms. The van der Waals surface area contributed by atoms with E-state index in [4.69, 9.17) is 0 Å². The van der Waals surface area contributed by atoms with E-state index in [1.165, 1.54) is 5.56 Å². The van der Waals surface area contributed by atoms with Crippen LogP contribution in [0.3, 0.4) is 0 Å². The quantitative estimate of drug-likeness (QED) is 0.767. The highest BCUT2D eigenvalue weighted by Gasteiger charge is 2.13. The molecule has 0 spiro atoms. The second kappa shape index (κ2) is 4.58. The molecule has 0 amide bonds. The third-order valence-corrected chi connectivity index (χ3v) is 2.14. The Morgan fingerprint density at radius 2 is 1.86 bits per heavy atom. The lowest BCUT2D eigenvalue weighted by Gasteiger charge is -2.21. The molecule has 78 valence electrons. The second-order valence-corrected chi connectivity index (χ2v) is 4.33. The van der Waals surface area contributed by atoms with Crippen LogP contribution in [0.5, 0.6) is 0 Å². The lowest BCUT2D eigenvalue weighted by atomic mass is 10.1. The van der Waals surface area contributed by atoms with Gasteiger partial charge in [0.15, 0.2) is 0 Å². The van der Waals surface area contributed by atoms with Crippen LogP contribution < -0.4 is 5.32 Å². The molecule has 14 heavy (non-hydrogen) atoms. The molecule has 0 aliphatic heterocycles. The summed E-state index contributed by atoms with van der Waals surface area (Å²) < 4.78 is 0. The van der Waals surface area contributed by atoms with Gasteiger partial charge in [-0.2, -0.15) is 0 Å². The zero-order chi connectivity index (χ0) is 10.6. The van der Waals surface area contributed by atoms with E-state index < -0.39 is 5.60 Å². The maximum atomic E-state index is 9.55. The van der Waals surface area contributed by atoms with E-state index in [-0.39, 0.29) is 6.04 Å². The highest BCUT2D eigenvalue weighted by atomic mass is 16.3. The lowest BCUT2D eigenvalue weighted by Crippen LogP contribution is -2.36. The topological polar surface area (TPSA) is 32.3 Å². The smallest absolute Gasteiger partial charge is 0.0715 e. The first-order valence-corrected chi connectivity index (χ1v) is 5.00. The minimum atomic E-state index is -0.650. The molecule has 0 saturated carbocycles. The van der Waals surface area contributed by atoms with Crippen molar-refractivity contribution in [1.29, 1.82) is 0 Å². The Balaban J connectivity index is 2.48. The molecule has 0 fully saturated rings. The van der Waals surface area contributed by atoms with Crippen LogP contribution in [0.25, 0.3) is 0 Å². The van der Waals surface area contributed by atoms with Crippen molar-refractivity contribution in [2.24, 2.45) is 0 Å². The van der Waals surface area contributed by atoms with Gasteiger partial charge in [-0.05, 0) is 26.3 Å². The molecule has 2 N–H and O–H groups in total. The van der Waals surface area contributed by atoms with Crippen LogP contribution >= 0.6 is 0 Å². The first kappa shape index (κ1) is 11.2. The second-order valence-electron chi connectivity index (χ2n) is 4.33. The molecule has 1 rings (SSSR count). The van der Waals surface area contributed by atoms with Crippen molar-refractivity contribution in [3.8, 4) is 0 Å². The van der Waals surface area contributed by atoms with Gasteiger partial charge in [0.05, 0.1) is 5.60 Å². The Labute approximate surface area is 86.0 Å². The van der Waals surface area contributed by atoms with Gasteiger partial charge in [0.25, 0.3) is 0 Å².